The molecule has 1 aromatic rings. The second-order valence-electron chi connectivity index (χ2n) is 5.79. The first-order valence-corrected chi connectivity index (χ1v) is 8.06. The van der Waals surface area contributed by atoms with E-state index in [2.05, 4.69) is 9.82 Å². The van der Waals surface area contributed by atoms with Gasteiger partial charge in [0.05, 0.1) is 0 Å². The zero-order valence-corrected chi connectivity index (χ0v) is 13.2. The quantitative estimate of drug-likeness (QED) is 0.711. The molecule has 0 fully saturated rings. The minimum Gasteiger partial charge on any atom is -0.396 e. The Kier molecular flexibility index (Phi) is 5.17. The Morgan fingerprint density at radius 3 is 2.50 bits per heavy atom. The zero-order valence-electron chi connectivity index (χ0n) is 12.4. The molecular formula is C12H24N4O3S. The highest BCUT2D eigenvalue weighted by atomic mass is 32.2. The SMILES string of the molecule is CCn1cc(S(=O)(=O)NC(CCO)C(C)(C)C)c(N)n1. The maximum Gasteiger partial charge on any atom is 0.246 e. The minimum atomic E-state index is -3.75. The van der Waals surface area contributed by atoms with Gasteiger partial charge in [-0.05, 0) is 18.8 Å². The van der Waals surface area contributed by atoms with Crippen molar-refractivity contribution < 1.29 is 13.5 Å². The van der Waals surface area contributed by atoms with Gasteiger partial charge in [0, 0.05) is 25.4 Å². The average Bonchev–Trinajstić information content (AvgIpc) is 2.69. The number of nitrogens with two attached hydrogens (primary N) is 1. The number of nitrogens with one attached hydrogen (secondary N) is 1. The van der Waals surface area contributed by atoms with Crippen LogP contribution in [0.25, 0.3) is 0 Å². The maximum atomic E-state index is 12.4. The fourth-order valence-electron chi connectivity index (χ4n) is 1.84. The van der Waals surface area contributed by atoms with Crippen LogP contribution in [0.1, 0.15) is 34.1 Å². The van der Waals surface area contributed by atoms with E-state index in [0.29, 0.717) is 13.0 Å². The molecule has 0 aliphatic rings. The molecule has 7 nitrogen and oxygen atoms in total. The van der Waals surface area contributed by atoms with E-state index in [-0.39, 0.29) is 28.8 Å². The molecule has 0 saturated heterocycles. The van der Waals surface area contributed by atoms with Crippen LogP contribution < -0.4 is 10.5 Å². The highest BCUT2D eigenvalue weighted by Gasteiger charge is 2.31. The van der Waals surface area contributed by atoms with Gasteiger partial charge in [0.1, 0.15) is 4.90 Å². The van der Waals surface area contributed by atoms with Gasteiger partial charge in [0.15, 0.2) is 5.82 Å². The first-order valence-electron chi connectivity index (χ1n) is 6.58. The lowest BCUT2D eigenvalue weighted by Crippen LogP contribution is -2.44. The van der Waals surface area contributed by atoms with Crippen molar-refractivity contribution in [2.24, 2.45) is 5.41 Å². The van der Waals surface area contributed by atoms with Crippen LogP contribution in [0, 0.1) is 5.41 Å². The molecule has 116 valence electrons. The maximum absolute atomic E-state index is 12.4. The summed E-state index contributed by atoms with van der Waals surface area (Å²) in [6.07, 6.45) is 1.75. The Bertz CT molecular complexity index is 546. The van der Waals surface area contributed by atoms with E-state index in [1.54, 1.807) is 0 Å². The van der Waals surface area contributed by atoms with Crippen molar-refractivity contribution in [3.63, 3.8) is 0 Å². The lowest BCUT2D eigenvalue weighted by Gasteiger charge is -2.30. The Morgan fingerprint density at radius 1 is 1.50 bits per heavy atom. The van der Waals surface area contributed by atoms with Gasteiger partial charge in [0.2, 0.25) is 10.0 Å². The van der Waals surface area contributed by atoms with Crippen LogP contribution in [0.5, 0.6) is 0 Å². The van der Waals surface area contributed by atoms with Crippen molar-refractivity contribution in [2.75, 3.05) is 12.3 Å². The van der Waals surface area contributed by atoms with Crippen LogP contribution in [0.15, 0.2) is 11.1 Å². The van der Waals surface area contributed by atoms with E-state index in [1.807, 2.05) is 27.7 Å². The molecule has 0 aliphatic carbocycles. The number of aliphatic hydroxyl groups excluding tert-OH is 1. The van der Waals surface area contributed by atoms with Gasteiger partial charge < -0.3 is 10.8 Å². The molecule has 0 spiro atoms. The smallest absolute Gasteiger partial charge is 0.246 e. The fourth-order valence-corrected chi connectivity index (χ4v) is 3.39. The molecule has 0 bridgehead atoms. The number of nitrogens with zero attached hydrogens (tertiary/aromatic N) is 2. The van der Waals surface area contributed by atoms with Crippen LogP contribution >= 0.6 is 0 Å². The van der Waals surface area contributed by atoms with E-state index in [1.165, 1.54) is 10.9 Å². The molecule has 0 aromatic carbocycles. The van der Waals surface area contributed by atoms with Gasteiger partial charge in [-0.3, -0.25) is 4.68 Å². The molecule has 1 aromatic heterocycles. The van der Waals surface area contributed by atoms with Crippen molar-refractivity contribution in [2.45, 2.75) is 51.6 Å². The number of sulfonamides is 1. The minimum absolute atomic E-state index is 0.0176. The number of aryl methyl sites for hydroxylation is 1. The lowest BCUT2D eigenvalue weighted by atomic mass is 9.86. The zero-order chi connectivity index (χ0) is 15.6. The number of aliphatic hydroxyl groups is 1. The van der Waals surface area contributed by atoms with Gasteiger partial charge in [-0.25, -0.2) is 13.1 Å². The van der Waals surface area contributed by atoms with Crippen LogP contribution in [-0.4, -0.2) is 36.0 Å². The molecule has 1 unspecified atom stereocenters. The van der Waals surface area contributed by atoms with Gasteiger partial charge in [0.25, 0.3) is 0 Å². The Balaban J connectivity index is 3.06. The summed E-state index contributed by atoms with van der Waals surface area (Å²) in [4.78, 5) is -0.0217. The first kappa shape index (κ1) is 16.9. The van der Waals surface area contributed by atoms with Crippen LogP contribution in [0.3, 0.4) is 0 Å². The largest absolute Gasteiger partial charge is 0.396 e. The number of aromatic nitrogens is 2. The first-order chi connectivity index (χ1) is 9.11. The normalized spacial score (nSPS) is 14.4. The lowest BCUT2D eigenvalue weighted by molar-refractivity contribution is 0.214. The van der Waals surface area contributed by atoms with Gasteiger partial charge >= 0.3 is 0 Å². The van der Waals surface area contributed by atoms with Gasteiger partial charge in [-0.1, -0.05) is 20.8 Å². The van der Waals surface area contributed by atoms with Crippen molar-refractivity contribution in [3.05, 3.63) is 6.20 Å². The standard InChI is InChI=1S/C12H24N4O3S/c1-5-16-8-9(11(13)14-16)20(18,19)15-10(6-7-17)12(2,3)4/h8,10,15,17H,5-7H2,1-4H3,(H2,13,14). The van der Waals surface area contributed by atoms with Gasteiger partial charge in [-0.15, -0.1) is 0 Å². The van der Waals surface area contributed by atoms with E-state index < -0.39 is 10.0 Å². The summed E-state index contributed by atoms with van der Waals surface area (Å²) in [6.45, 7) is 8.03. The topological polar surface area (TPSA) is 110 Å². The number of rotatable bonds is 6. The highest BCUT2D eigenvalue weighted by molar-refractivity contribution is 7.89. The average molecular weight is 304 g/mol. The number of hydrogen-bond acceptors (Lipinski definition) is 5. The predicted molar refractivity (Wildman–Crippen MR) is 77.6 cm³/mol. The van der Waals surface area contributed by atoms with Crippen molar-refractivity contribution in [1.29, 1.82) is 0 Å². The second-order valence-corrected chi connectivity index (χ2v) is 7.47. The number of nitrogen functional groups attached to an aromatic ring is 1. The Labute approximate surface area is 120 Å². The molecule has 0 radical (unpaired) electrons. The highest BCUT2D eigenvalue weighted by Crippen LogP contribution is 2.25. The van der Waals surface area contributed by atoms with Crippen LogP contribution in [0.2, 0.25) is 0 Å². The molecular weight excluding hydrogens is 280 g/mol. The van der Waals surface area contributed by atoms with Crippen molar-refractivity contribution >= 4 is 15.8 Å². The van der Waals surface area contributed by atoms with Crippen LogP contribution in [-0.2, 0) is 16.6 Å². The summed E-state index contributed by atoms with van der Waals surface area (Å²) >= 11 is 0. The third kappa shape index (κ3) is 3.94. The summed E-state index contributed by atoms with van der Waals surface area (Å²) in [7, 11) is -3.75. The van der Waals surface area contributed by atoms with Crippen molar-refractivity contribution in [3.8, 4) is 0 Å². The van der Waals surface area contributed by atoms with E-state index >= 15 is 0 Å². The van der Waals surface area contributed by atoms with E-state index in [4.69, 9.17) is 10.8 Å². The number of anilines is 1. The summed E-state index contributed by atoms with van der Waals surface area (Å²) in [5.74, 6) is -0.0176. The fraction of sp³-hybridized carbons (Fsp3) is 0.750. The molecule has 0 amide bonds. The monoisotopic (exact) mass is 304 g/mol. The van der Waals surface area contributed by atoms with Crippen LogP contribution in [0.4, 0.5) is 5.82 Å². The number of hydrogen-bond donors (Lipinski definition) is 3. The summed E-state index contributed by atoms with van der Waals surface area (Å²) in [6, 6.07) is -0.387. The molecule has 0 aliphatic heterocycles. The summed E-state index contributed by atoms with van der Waals surface area (Å²) in [5, 5.41) is 13.0. The van der Waals surface area contributed by atoms with E-state index in [0.717, 1.165) is 0 Å². The molecule has 1 heterocycles. The molecule has 20 heavy (non-hydrogen) atoms. The predicted octanol–water partition coefficient (Wildman–Crippen LogP) is 0.561. The third-order valence-corrected chi connectivity index (χ3v) is 4.62. The van der Waals surface area contributed by atoms with E-state index in [9.17, 15) is 8.42 Å². The summed E-state index contributed by atoms with van der Waals surface area (Å²) < 4.78 is 28.9. The second kappa shape index (κ2) is 6.11. The summed E-state index contributed by atoms with van der Waals surface area (Å²) in [5.41, 5.74) is 5.35. The molecule has 1 atom stereocenters. The Hall–Kier alpha value is -1.12. The molecule has 8 heteroatoms. The van der Waals surface area contributed by atoms with Gasteiger partial charge in [-0.2, -0.15) is 5.10 Å². The van der Waals surface area contributed by atoms with Crippen molar-refractivity contribution in [1.82, 2.24) is 14.5 Å². The molecule has 1 rings (SSSR count). The molecule has 0 saturated carbocycles. The molecule has 4 N–H and O–H groups in total. The third-order valence-electron chi connectivity index (χ3n) is 3.13. The Morgan fingerprint density at radius 2 is 2.10 bits per heavy atom.